The zero-order valence-electron chi connectivity index (χ0n) is 14.2. The summed E-state index contributed by atoms with van der Waals surface area (Å²) in [4.78, 5) is 0.115. The van der Waals surface area contributed by atoms with Crippen LogP contribution in [0.5, 0.6) is 0 Å². The number of hydrogen-bond acceptors (Lipinski definition) is 3. The normalized spacial score (nSPS) is 17.4. The molecule has 2 aromatic rings. The van der Waals surface area contributed by atoms with Gasteiger partial charge in [-0.3, -0.25) is 0 Å². The van der Waals surface area contributed by atoms with E-state index in [0.717, 1.165) is 18.4 Å². The van der Waals surface area contributed by atoms with Crippen LogP contribution in [0.1, 0.15) is 24.0 Å². The predicted molar refractivity (Wildman–Crippen MR) is 94.5 cm³/mol. The molecule has 0 unspecified atom stereocenters. The first-order valence-corrected chi connectivity index (χ1v) is 9.80. The highest BCUT2D eigenvalue weighted by Gasteiger charge is 2.35. The summed E-state index contributed by atoms with van der Waals surface area (Å²) in [6.07, 6.45) is 1.50. The molecule has 0 spiro atoms. The van der Waals surface area contributed by atoms with Crippen LogP contribution in [0.25, 0.3) is 0 Å². The highest BCUT2D eigenvalue weighted by molar-refractivity contribution is 7.89. The maximum absolute atomic E-state index is 13.3. The summed E-state index contributed by atoms with van der Waals surface area (Å²) in [5.74, 6) is -0.443. The van der Waals surface area contributed by atoms with E-state index in [4.69, 9.17) is 4.74 Å². The molecule has 1 saturated heterocycles. The van der Waals surface area contributed by atoms with Crippen LogP contribution in [0, 0.1) is 12.7 Å². The SMILES string of the molecule is Cc1cc(F)ccc1S(=O)(=O)NCC1(c2ccccc2)CCOCC1. The largest absolute Gasteiger partial charge is 0.381 e. The molecule has 4 nitrogen and oxygen atoms in total. The van der Waals surface area contributed by atoms with E-state index in [1.54, 1.807) is 6.92 Å². The predicted octanol–water partition coefficient (Wildman–Crippen LogP) is 3.16. The van der Waals surface area contributed by atoms with E-state index in [-0.39, 0.29) is 10.3 Å². The van der Waals surface area contributed by atoms with Crippen molar-refractivity contribution >= 4 is 10.0 Å². The average Bonchev–Trinajstić information content (AvgIpc) is 2.61. The second kappa shape index (κ2) is 7.23. The Morgan fingerprint density at radius 3 is 2.44 bits per heavy atom. The van der Waals surface area contributed by atoms with Gasteiger partial charge in [0.05, 0.1) is 4.90 Å². The Bertz CT molecular complexity index is 831. The standard InChI is InChI=1S/C19H22FNO3S/c1-15-13-17(20)7-8-18(15)25(22,23)21-14-19(9-11-24-12-10-19)16-5-3-2-4-6-16/h2-8,13,21H,9-12,14H2,1H3. The lowest BCUT2D eigenvalue weighted by Crippen LogP contribution is -2.44. The molecule has 0 bridgehead atoms. The molecule has 2 aromatic carbocycles. The number of nitrogens with one attached hydrogen (secondary N) is 1. The van der Waals surface area contributed by atoms with Gasteiger partial charge in [0.15, 0.2) is 0 Å². The number of ether oxygens (including phenoxy) is 1. The van der Waals surface area contributed by atoms with Gasteiger partial charge in [0.1, 0.15) is 5.82 Å². The molecular formula is C19H22FNO3S. The van der Waals surface area contributed by atoms with Crippen LogP contribution in [0.15, 0.2) is 53.4 Å². The van der Waals surface area contributed by atoms with Crippen molar-refractivity contribution in [2.24, 2.45) is 0 Å². The molecule has 3 rings (SSSR count). The summed E-state index contributed by atoms with van der Waals surface area (Å²) < 4.78 is 46.9. The highest BCUT2D eigenvalue weighted by Crippen LogP contribution is 2.34. The zero-order valence-corrected chi connectivity index (χ0v) is 15.0. The van der Waals surface area contributed by atoms with Crippen molar-refractivity contribution in [2.45, 2.75) is 30.1 Å². The van der Waals surface area contributed by atoms with Gasteiger partial charge in [0.2, 0.25) is 10.0 Å². The number of halogens is 1. The van der Waals surface area contributed by atoms with Gasteiger partial charge in [-0.1, -0.05) is 30.3 Å². The Balaban J connectivity index is 1.86. The van der Waals surface area contributed by atoms with Crippen LogP contribution < -0.4 is 4.72 Å². The van der Waals surface area contributed by atoms with Crippen LogP contribution in [0.2, 0.25) is 0 Å². The van der Waals surface area contributed by atoms with Crippen molar-refractivity contribution in [1.29, 1.82) is 0 Å². The number of benzene rings is 2. The summed E-state index contributed by atoms with van der Waals surface area (Å²) in [5.41, 5.74) is 1.21. The van der Waals surface area contributed by atoms with Crippen LogP contribution in [0.4, 0.5) is 4.39 Å². The second-order valence-corrected chi connectivity index (χ2v) is 8.23. The molecular weight excluding hydrogens is 341 g/mol. The minimum atomic E-state index is -3.71. The lowest BCUT2D eigenvalue weighted by molar-refractivity contribution is 0.0517. The summed E-state index contributed by atoms with van der Waals surface area (Å²) in [6.45, 7) is 3.09. The molecule has 25 heavy (non-hydrogen) atoms. The van der Waals surface area contributed by atoms with Gasteiger partial charge in [-0.05, 0) is 49.1 Å². The Kier molecular flexibility index (Phi) is 5.22. The molecule has 1 fully saturated rings. The molecule has 1 N–H and O–H groups in total. The maximum atomic E-state index is 13.3. The minimum absolute atomic E-state index is 0.115. The third-order valence-corrected chi connectivity index (χ3v) is 6.42. The first kappa shape index (κ1) is 18.0. The molecule has 0 radical (unpaired) electrons. The molecule has 1 aliphatic rings. The number of sulfonamides is 1. The summed E-state index contributed by atoms with van der Waals surface area (Å²) in [5, 5.41) is 0. The molecule has 1 heterocycles. The van der Waals surface area contributed by atoms with Crippen molar-refractivity contribution < 1.29 is 17.5 Å². The smallest absolute Gasteiger partial charge is 0.240 e. The van der Waals surface area contributed by atoms with E-state index in [9.17, 15) is 12.8 Å². The second-order valence-electron chi connectivity index (χ2n) is 6.49. The summed E-state index contributed by atoms with van der Waals surface area (Å²) in [7, 11) is -3.71. The number of aryl methyl sites for hydroxylation is 1. The van der Waals surface area contributed by atoms with Gasteiger partial charge in [0.25, 0.3) is 0 Å². The molecule has 0 aromatic heterocycles. The van der Waals surface area contributed by atoms with Crippen molar-refractivity contribution in [3.8, 4) is 0 Å². The van der Waals surface area contributed by atoms with E-state index >= 15 is 0 Å². The quantitative estimate of drug-likeness (QED) is 0.888. The Morgan fingerprint density at radius 2 is 1.80 bits per heavy atom. The fourth-order valence-corrected chi connectivity index (χ4v) is 4.70. The molecule has 134 valence electrons. The Morgan fingerprint density at radius 1 is 1.12 bits per heavy atom. The average molecular weight is 363 g/mol. The van der Waals surface area contributed by atoms with Gasteiger partial charge in [-0.25, -0.2) is 17.5 Å². The fraction of sp³-hybridized carbons (Fsp3) is 0.368. The molecule has 1 aliphatic heterocycles. The third kappa shape index (κ3) is 3.92. The Hall–Kier alpha value is -1.76. The van der Waals surface area contributed by atoms with E-state index in [0.29, 0.717) is 25.3 Å². The Labute approximate surface area is 148 Å². The van der Waals surface area contributed by atoms with E-state index in [2.05, 4.69) is 4.72 Å². The van der Waals surface area contributed by atoms with Crippen LogP contribution in [0.3, 0.4) is 0 Å². The first-order chi connectivity index (χ1) is 11.9. The lowest BCUT2D eigenvalue weighted by atomic mass is 9.74. The third-order valence-electron chi connectivity index (χ3n) is 4.86. The molecule has 0 amide bonds. The van der Waals surface area contributed by atoms with E-state index in [1.807, 2.05) is 30.3 Å². The lowest BCUT2D eigenvalue weighted by Gasteiger charge is -2.38. The van der Waals surface area contributed by atoms with Gasteiger partial charge >= 0.3 is 0 Å². The van der Waals surface area contributed by atoms with Gasteiger partial charge in [-0.2, -0.15) is 0 Å². The topological polar surface area (TPSA) is 55.4 Å². The zero-order chi connectivity index (χ0) is 17.9. The van der Waals surface area contributed by atoms with Gasteiger partial charge in [-0.15, -0.1) is 0 Å². The maximum Gasteiger partial charge on any atom is 0.240 e. The van der Waals surface area contributed by atoms with Crippen molar-refractivity contribution in [3.63, 3.8) is 0 Å². The van der Waals surface area contributed by atoms with Gasteiger partial charge in [0, 0.05) is 25.2 Å². The molecule has 0 atom stereocenters. The van der Waals surface area contributed by atoms with Crippen molar-refractivity contribution in [1.82, 2.24) is 4.72 Å². The minimum Gasteiger partial charge on any atom is -0.381 e. The van der Waals surface area contributed by atoms with Crippen molar-refractivity contribution in [2.75, 3.05) is 19.8 Å². The van der Waals surface area contributed by atoms with Crippen LogP contribution in [-0.4, -0.2) is 28.2 Å². The molecule has 0 aliphatic carbocycles. The van der Waals surface area contributed by atoms with Gasteiger partial charge < -0.3 is 4.74 Å². The first-order valence-electron chi connectivity index (χ1n) is 8.32. The highest BCUT2D eigenvalue weighted by atomic mass is 32.2. The monoisotopic (exact) mass is 363 g/mol. The summed E-state index contributed by atoms with van der Waals surface area (Å²) in [6, 6.07) is 13.6. The van der Waals surface area contributed by atoms with Crippen molar-refractivity contribution in [3.05, 3.63) is 65.5 Å². The van der Waals surface area contributed by atoms with E-state index in [1.165, 1.54) is 18.2 Å². The number of rotatable bonds is 5. The van der Waals surface area contributed by atoms with E-state index < -0.39 is 15.8 Å². The number of hydrogen-bond donors (Lipinski definition) is 1. The van der Waals surface area contributed by atoms with Crippen LogP contribution >= 0.6 is 0 Å². The van der Waals surface area contributed by atoms with Crippen LogP contribution in [-0.2, 0) is 20.2 Å². The molecule has 0 saturated carbocycles. The fourth-order valence-electron chi connectivity index (χ4n) is 3.35. The summed E-state index contributed by atoms with van der Waals surface area (Å²) >= 11 is 0. The molecule has 6 heteroatoms.